The molecule has 0 saturated carbocycles. The van der Waals surface area contributed by atoms with Crippen LogP contribution in [-0.4, -0.2) is 22.7 Å². The third-order valence-corrected chi connectivity index (χ3v) is 5.51. The van der Waals surface area contributed by atoms with Gasteiger partial charge in [-0.1, -0.05) is 42.1 Å². The fraction of sp³-hybridized carbons (Fsp3) is 0.381. The Morgan fingerprint density at radius 3 is 2.58 bits per heavy atom. The van der Waals surface area contributed by atoms with Crippen molar-refractivity contribution in [2.45, 2.75) is 51.6 Å². The van der Waals surface area contributed by atoms with Gasteiger partial charge in [0.15, 0.2) is 0 Å². The van der Waals surface area contributed by atoms with Gasteiger partial charge in [0.05, 0.1) is 11.3 Å². The molecule has 0 bridgehead atoms. The lowest BCUT2D eigenvalue weighted by atomic mass is 10.1. The molecule has 2 aromatic rings. The molecular formula is C21H25N3OS. The normalized spacial score (nSPS) is 11.7. The molecule has 1 aromatic carbocycles. The van der Waals surface area contributed by atoms with Crippen LogP contribution in [0.15, 0.2) is 35.4 Å². The Kier molecular flexibility index (Phi) is 7.23. The summed E-state index contributed by atoms with van der Waals surface area (Å²) in [6.45, 7) is 7.84. The van der Waals surface area contributed by atoms with Gasteiger partial charge in [-0.25, -0.2) is 4.98 Å². The number of thioether (sulfide) groups is 1. The number of hydrogen-bond acceptors (Lipinski definition) is 4. The second kappa shape index (κ2) is 9.40. The zero-order valence-electron chi connectivity index (χ0n) is 15.8. The van der Waals surface area contributed by atoms with Gasteiger partial charge in [-0.05, 0) is 57.2 Å². The summed E-state index contributed by atoms with van der Waals surface area (Å²) in [5.74, 6) is 0.233. The second-order valence-corrected chi connectivity index (χ2v) is 7.48. The number of aromatic nitrogens is 1. The van der Waals surface area contributed by atoms with Gasteiger partial charge in [-0.3, -0.25) is 4.79 Å². The van der Waals surface area contributed by atoms with E-state index < -0.39 is 0 Å². The van der Waals surface area contributed by atoms with Crippen LogP contribution in [0.25, 0.3) is 0 Å². The van der Waals surface area contributed by atoms with Crippen LogP contribution in [0.5, 0.6) is 0 Å². The number of pyridine rings is 1. The predicted molar refractivity (Wildman–Crippen MR) is 106 cm³/mol. The lowest BCUT2D eigenvalue weighted by molar-refractivity contribution is -0.119. The Bertz CT molecular complexity index is 812. The van der Waals surface area contributed by atoms with Crippen LogP contribution in [-0.2, 0) is 11.2 Å². The Labute approximate surface area is 160 Å². The molecule has 136 valence electrons. The number of nitrogens with zero attached hydrogens (tertiary/aromatic N) is 2. The molecule has 2 rings (SSSR count). The maximum absolute atomic E-state index is 12.2. The lowest BCUT2D eigenvalue weighted by Gasteiger charge is -2.14. The van der Waals surface area contributed by atoms with Crippen LogP contribution in [0.3, 0.4) is 0 Å². The van der Waals surface area contributed by atoms with E-state index in [1.165, 1.54) is 17.3 Å². The second-order valence-electron chi connectivity index (χ2n) is 6.52. The van der Waals surface area contributed by atoms with E-state index in [1.54, 1.807) is 0 Å². The SMILES string of the molecule is Cc1nc(SCC(=O)N[C@H](C)CCc2ccccc2)c(C#N)c(C)c1C. The van der Waals surface area contributed by atoms with E-state index in [9.17, 15) is 10.1 Å². The Morgan fingerprint density at radius 2 is 1.92 bits per heavy atom. The topological polar surface area (TPSA) is 65.8 Å². The molecule has 1 heterocycles. The van der Waals surface area contributed by atoms with Crippen LogP contribution >= 0.6 is 11.8 Å². The largest absolute Gasteiger partial charge is 0.353 e. The third-order valence-electron chi connectivity index (χ3n) is 4.53. The summed E-state index contributed by atoms with van der Waals surface area (Å²) in [7, 11) is 0. The molecule has 0 aliphatic rings. The average molecular weight is 368 g/mol. The van der Waals surface area contributed by atoms with Crippen LogP contribution in [0.2, 0.25) is 0 Å². The van der Waals surface area contributed by atoms with Crippen LogP contribution in [0, 0.1) is 32.1 Å². The zero-order valence-corrected chi connectivity index (χ0v) is 16.6. The molecule has 0 fully saturated rings. The quantitative estimate of drug-likeness (QED) is 0.748. The van der Waals surface area contributed by atoms with Crippen LogP contribution < -0.4 is 5.32 Å². The molecule has 4 nitrogen and oxygen atoms in total. The van der Waals surface area contributed by atoms with Crippen molar-refractivity contribution < 1.29 is 4.79 Å². The number of rotatable bonds is 7. The maximum Gasteiger partial charge on any atom is 0.230 e. The van der Waals surface area contributed by atoms with Crippen molar-refractivity contribution in [2.24, 2.45) is 0 Å². The minimum Gasteiger partial charge on any atom is -0.353 e. The van der Waals surface area contributed by atoms with Gasteiger partial charge in [0.25, 0.3) is 0 Å². The molecule has 0 aliphatic heterocycles. The van der Waals surface area contributed by atoms with Crippen molar-refractivity contribution >= 4 is 17.7 Å². The first kappa shape index (κ1) is 20.0. The molecule has 1 amide bonds. The highest BCUT2D eigenvalue weighted by atomic mass is 32.2. The number of nitriles is 1. The van der Waals surface area contributed by atoms with E-state index in [-0.39, 0.29) is 17.7 Å². The van der Waals surface area contributed by atoms with E-state index in [0.29, 0.717) is 10.6 Å². The fourth-order valence-electron chi connectivity index (χ4n) is 2.70. The van der Waals surface area contributed by atoms with Crippen LogP contribution in [0.4, 0.5) is 0 Å². The minimum absolute atomic E-state index is 0.0304. The summed E-state index contributed by atoms with van der Waals surface area (Å²) in [5, 5.41) is 13.1. The molecule has 1 atom stereocenters. The highest BCUT2D eigenvalue weighted by molar-refractivity contribution is 8.00. The molecular weight excluding hydrogens is 342 g/mol. The van der Waals surface area contributed by atoms with Crippen molar-refractivity contribution in [1.82, 2.24) is 10.3 Å². The van der Waals surface area contributed by atoms with Gasteiger partial charge in [0.1, 0.15) is 11.1 Å². The van der Waals surface area contributed by atoms with Crippen molar-refractivity contribution in [2.75, 3.05) is 5.75 Å². The lowest BCUT2D eigenvalue weighted by Crippen LogP contribution is -2.34. The van der Waals surface area contributed by atoms with E-state index in [2.05, 4.69) is 28.5 Å². The molecule has 26 heavy (non-hydrogen) atoms. The first-order valence-corrected chi connectivity index (χ1v) is 9.75. The predicted octanol–water partition coefficient (Wildman–Crippen LogP) is 4.11. The van der Waals surface area contributed by atoms with Crippen molar-refractivity contribution in [3.8, 4) is 6.07 Å². The van der Waals surface area contributed by atoms with E-state index >= 15 is 0 Å². The summed E-state index contributed by atoms with van der Waals surface area (Å²) in [4.78, 5) is 16.7. The average Bonchev–Trinajstić information content (AvgIpc) is 2.63. The van der Waals surface area contributed by atoms with Crippen molar-refractivity contribution in [3.63, 3.8) is 0 Å². The highest BCUT2D eigenvalue weighted by Gasteiger charge is 2.15. The summed E-state index contributed by atoms with van der Waals surface area (Å²) < 4.78 is 0. The van der Waals surface area contributed by atoms with E-state index in [1.807, 2.05) is 45.9 Å². The van der Waals surface area contributed by atoms with Gasteiger partial charge >= 0.3 is 0 Å². The van der Waals surface area contributed by atoms with Crippen LogP contribution in [0.1, 0.15) is 41.3 Å². The maximum atomic E-state index is 12.2. The molecule has 0 saturated heterocycles. The molecule has 0 radical (unpaired) electrons. The van der Waals surface area contributed by atoms with Gasteiger partial charge in [-0.15, -0.1) is 0 Å². The Morgan fingerprint density at radius 1 is 1.23 bits per heavy atom. The first-order valence-electron chi connectivity index (χ1n) is 8.76. The Hall–Kier alpha value is -2.32. The summed E-state index contributed by atoms with van der Waals surface area (Å²) in [6, 6.07) is 12.6. The molecule has 1 aromatic heterocycles. The van der Waals surface area contributed by atoms with Gasteiger partial charge in [0, 0.05) is 11.7 Å². The number of carbonyl (C=O) groups is 1. The molecule has 5 heteroatoms. The number of amides is 1. The van der Waals surface area contributed by atoms with Gasteiger partial charge < -0.3 is 5.32 Å². The smallest absolute Gasteiger partial charge is 0.230 e. The van der Waals surface area contributed by atoms with Gasteiger partial charge in [0.2, 0.25) is 5.91 Å². The molecule has 0 aliphatic carbocycles. The molecule has 1 N–H and O–H groups in total. The zero-order chi connectivity index (χ0) is 19.1. The Balaban J connectivity index is 1.88. The number of nitrogens with one attached hydrogen (secondary N) is 1. The van der Waals surface area contributed by atoms with E-state index in [0.717, 1.165) is 29.7 Å². The number of hydrogen-bond donors (Lipinski definition) is 1. The van der Waals surface area contributed by atoms with E-state index in [4.69, 9.17) is 0 Å². The highest BCUT2D eigenvalue weighted by Crippen LogP contribution is 2.26. The summed E-state index contributed by atoms with van der Waals surface area (Å²) >= 11 is 1.33. The number of carbonyl (C=O) groups excluding carboxylic acids is 1. The minimum atomic E-state index is -0.0304. The standard InChI is InChI=1S/C21H25N3OS/c1-14(10-11-18-8-6-5-7-9-18)23-20(25)13-26-21-19(12-22)16(3)15(2)17(4)24-21/h5-9,14H,10-11,13H2,1-4H3,(H,23,25)/t14-/m1/s1. The number of benzene rings is 1. The van der Waals surface area contributed by atoms with Crippen molar-refractivity contribution in [1.29, 1.82) is 5.26 Å². The summed E-state index contributed by atoms with van der Waals surface area (Å²) in [6.07, 6.45) is 1.83. The third kappa shape index (κ3) is 5.34. The molecule has 0 spiro atoms. The number of aryl methyl sites for hydroxylation is 2. The van der Waals surface area contributed by atoms with Gasteiger partial charge in [-0.2, -0.15) is 5.26 Å². The first-order chi connectivity index (χ1) is 12.4. The monoisotopic (exact) mass is 367 g/mol. The molecule has 0 unspecified atom stereocenters. The summed E-state index contributed by atoms with van der Waals surface area (Å²) in [5.41, 5.74) is 4.73. The fourth-order valence-corrected chi connectivity index (χ4v) is 3.59. The van der Waals surface area contributed by atoms with Crippen molar-refractivity contribution in [3.05, 3.63) is 58.3 Å².